The molecule has 1 amide bonds. The molecule has 0 aliphatic heterocycles. The molecule has 0 heterocycles. The van der Waals surface area contributed by atoms with E-state index in [4.69, 9.17) is 20.0 Å². The van der Waals surface area contributed by atoms with Crippen LogP contribution in [0.5, 0.6) is 0 Å². The Balaban J connectivity index is 3.72. The van der Waals surface area contributed by atoms with Gasteiger partial charge in [0.1, 0.15) is 6.61 Å². The van der Waals surface area contributed by atoms with Crippen LogP contribution in [0, 0.1) is 0 Å². The van der Waals surface area contributed by atoms with Gasteiger partial charge < -0.3 is 19.9 Å². The summed E-state index contributed by atoms with van der Waals surface area (Å²) in [6, 6.07) is 0. The lowest BCUT2D eigenvalue weighted by molar-refractivity contribution is -0.179. The van der Waals surface area contributed by atoms with E-state index < -0.39 is 6.09 Å². The fraction of sp³-hybridized carbons (Fsp3) is 0.909. The molecule has 0 aliphatic rings. The van der Waals surface area contributed by atoms with Crippen molar-refractivity contribution in [3.05, 3.63) is 0 Å². The van der Waals surface area contributed by atoms with Crippen LogP contribution in [0.4, 0.5) is 4.79 Å². The fourth-order valence-corrected chi connectivity index (χ4v) is 1.17. The molecule has 0 aliphatic carbocycles. The predicted octanol–water partition coefficient (Wildman–Crippen LogP) is 0.388. The number of carbonyl (C=O) groups excluding carboxylic acids is 1. The maximum absolute atomic E-state index is 10.4. The van der Waals surface area contributed by atoms with Crippen LogP contribution in [0.2, 0.25) is 0 Å². The third-order valence-corrected chi connectivity index (χ3v) is 1.98. The van der Waals surface area contributed by atoms with Crippen molar-refractivity contribution >= 4 is 6.09 Å². The molecule has 0 saturated heterocycles. The molecule has 108 valence electrons. The summed E-state index contributed by atoms with van der Waals surface area (Å²) in [6.07, 6.45) is -0.783. The van der Waals surface area contributed by atoms with Crippen molar-refractivity contribution in [2.75, 3.05) is 52.7 Å². The van der Waals surface area contributed by atoms with Crippen LogP contribution in [0.3, 0.4) is 0 Å². The zero-order chi connectivity index (χ0) is 13.6. The van der Waals surface area contributed by atoms with E-state index in [2.05, 4.69) is 4.74 Å². The van der Waals surface area contributed by atoms with Gasteiger partial charge in [-0.1, -0.05) is 0 Å². The summed E-state index contributed by atoms with van der Waals surface area (Å²) in [5.74, 6) is 0. The zero-order valence-electron chi connectivity index (χ0n) is 11.2. The molecule has 7 nitrogen and oxygen atoms in total. The van der Waals surface area contributed by atoms with Crippen LogP contribution in [0.1, 0.15) is 13.8 Å². The minimum absolute atomic E-state index is 0.191. The Kier molecular flexibility index (Phi) is 11.9. The van der Waals surface area contributed by atoms with Gasteiger partial charge in [-0.15, -0.1) is 0 Å². The van der Waals surface area contributed by atoms with Gasteiger partial charge in [0.2, 0.25) is 0 Å². The van der Waals surface area contributed by atoms with E-state index in [1.54, 1.807) is 5.06 Å². The summed E-state index contributed by atoms with van der Waals surface area (Å²) >= 11 is 0. The SMILES string of the molecule is CCOCCON(CCOCC)CCOC(N)=O. The molecule has 0 rings (SSSR count). The summed E-state index contributed by atoms with van der Waals surface area (Å²) in [6.45, 7) is 7.94. The zero-order valence-corrected chi connectivity index (χ0v) is 11.2. The molecule has 0 aromatic rings. The van der Waals surface area contributed by atoms with Crippen molar-refractivity contribution < 1.29 is 23.8 Å². The largest absolute Gasteiger partial charge is 0.448 e. The molecule has 0 bridgehead atoms. The highest BCUT2D eigenvalue weighted by atomic mass is 16.7. The first-order chi connectivity index (χ1) is 8.70. The summed E-state index contributed by atoms with van der Waals surface area (Å²) in [5.41, 5.74) is 4.87. The molecule has 0 unspecified atom stereocenters. The van der Waals surface area contributed by atoms with Crippen molar-refractivity contribution in [1.29, 1.82) is 0 Å². The lowest BCUT2D eigenvalue weighted by Gasteiger charge is -2.21. The number of amides is 1. The first-order valence-corrected chi connectivity index (χ1v) is 6.16. The Morgan fingerprint density at radius 1 is 1.00 bits per heavy atom. The van der Waals surface area contributed by atoms with Gasteiger partial charge in [0, 0.05) is 19.8 Å². The Morgan fingerprint density at radius 2 is 1.61 bits per heavy atom. The normalized spacial score (nSPS) is 10.8. The number of rotatable bonds is 12. The Bertz CT molecular complexity index is 204. The third-order valence-electron chi connectivity index (χ3n) is 1.98. The molecular weight excluding hydrogens is 240 g/mol. The molecule has 0 saturated carbocycles. The summed E-state index contributed by atoms with van der Waals surface area (Å²) < 4.78 is 15.0. The number of nitrogens with zero attached hydrogens (tertiary/aromatic N) is 1. The van der Waals surface area contributed by atoms with E-state index in [0.29, 0.717) is 46.1 Å². The minimum Gasteiger partial charge on any atom is -0.448 e. The average molecular weight is 264 g/mol. The first-order valence-electron chi connectivity index (χ1n) is 6.16. The molecule has 0 spiro atoms. The molecule has 0 radical (unpaired) electrons. The lowest BCUT2D eigenvalue weighted by Crippen LogP contribution is -2.33. The van der Waals surface area contributed by atoms with Gasteiger partial charge in [-0.3, -0.25) is 4.84 Å². The second-order valence-electron chi connectivity index (χ2n) is 3.32. The molecule has 0 aromatic carbocycles. The summed E-state index contributed by atoms with van der Waals surface area (Å²) in [5, 5.41) is 1.68. The third kappa shape index (κ3) is 11.6. The Labute approximate surface area is 108 Å². The van der Waals surface area contributed by atoms with Crippen LogP contribution >= 0.6 is 0 Å². The quantitative estimate of drug-likeness (QED) is 0.405. The van der Waals surface area contributed by atoms with E-state index in [0.717, 1.165) is 0 Å². The second kappa shape index (κ2) is 12.6. The molecule has 0 aromatic heterocycles. The average Bonchev–Trinajstić information content (AvgIpc) is 2.33. The molecule has 7 heteroatoms. The van der Waals surface area contributed by atoms with E-state index in [9.17, 15) is 4.79 Å². The number of hydrogen-bond donors (Lipinski definition) is 1. The smallest absolute Gasteiger partial charge is 0.404 e. The van der Waals surface area contributed by atoms with Gasteiger partial charge >= 0.3 is 6.09 Å². The minimum atomic E-state index is -0.783. The van der Waals surface area contributed by atoms with Crippen molar-refractivity contribution in [2.24, 2.45) is 5.73 Å². The monoisotopic (exact) mass is 264 g/mol. The Morgan fingerprint density at radius 3 is 2.22 bits per heavy atom. The summed E-state index contributed by atoms with van der Waals surface area (Å²) in [4.78, 5) is 15.9. The second-order valence-corrected chi connectivity index (χ2v) is 3.32. The lowest BCUT2D eigenvalue weighted by atomic mass is 10.6. The molecular formula is C11H24N2O5. The van der Waals surface area contributed by atoms with Gasteiger partial charge in [0.25, 0.3) is 0 Å². The number of ether oxygens (including phenoxy) is 3. The van der Waals surface area contributed by atoms with Crippen molar-refractivity contribution in [3.8, 4) is 0 Å². The molecule has 18 heavy (non-hydrogen) atoms. The summed E-state index contributed by atoms with van der Waals surface area (Å²) in [7, 11) is 0. The highest BCUT2D eigenvalue weighted by Gasteiger charge is 2.06. The van der Waals surface area contributed by atoms with Gasteiger partial charge in [-0.25, -0.2) is 4.79 Å². The number of carbonyl (C=O) groups is 1. The fourth-order valence-electron chi connectivity index (χ4n) is 1.17. The maximum atomic E-state index is 10.4. The van der Waals surface area contributed by atoms with Crippen LogP contribution in [0.25, 0.3) is 0 Å². The van der Waals surface area contributed by atoms with Crippen molar-refractivity contribution in [3.63, 3.8) is 0 Å². The number of hydroxylamine groups is 2. The van der Waals surface area contributed by atoms with Gasteiger partial charge in [0.15, 0.2) is 0 Å². The van der Waals surface area contributed by atoms with E-state index in [-0.39, 0.29) is 6.61 Å². The van der Waals surface area contributed by atoms with E-state index in [1.807, 2.05) is 13.8 Å². The predicted molar refractivity (Wildman–Crippen MR) is 66.0 cm³/mol. The molecule has 0 atom stereocenters. The van der Waals surface area contributed by atoms with Crippen LogP contribution in [-0.4, -0.2) is 63.9 Å². The van der Waals surface area contributed by atoms with E-state index >= 15 is 0 Å². The van der Waals surface area contributed by atoms with Gasteiger partial charge in [0.05, 0.1) is 26.4 Å². The van der Waals surface area contributed by atoms with Gasteiger partial charge in [-0.05, 0) is 13.8 Å². The molecule has 0 fully saturated rings. The Hall–Kier alpha value is -0.890. The highest BCUT2D eigenvalue weighted by molar-refractivity contribution is 5.64. The number of hydrogen-bond acceptors (Lipinski definition) is 6. The number of nitrogens with two attached hydrogens (primary N) is 1. The topological polar surface area (TPSA) is 83.2 Å². The number of primary amides is 1. The van der Waals surface area contributed by atoms with Gasteiger partial charge in [-0.2, -0.15) is 5.06 Å². The van der Waals surface area contributed by atoms with Crippen molar-refractivity contribution in [2.45, 2.75) is 13.8 Å². The van der Waals surface area contributed by atoms with Crippen LogP contribution < -0.4 is 5.73 Å². The highest BCUT2D eigenvalue weighted by Crippen LogP contribution is 1.93. The maximum Gasteiger partial charge on any atom is 0.404 e. The van der Waals surface area contributed by atoms with E-state index in [1.165, 1.54) is 0 Å². The first kappa shape index (κ1) is 17.1. The standard InChI is InChI=1S/C11H24N2O5/c1-3-15-7-5-13(6-8-17-11(12)14)18-10-9-16-4-2/h3-10H2,1-2H3,(H2,12,14). The van der Waals surface area contributed by atoms with Crippen LogP contribution in [-0.2, 0) is 19.0 Å². The van der Waals surface area contributed by atoms with Crippen LogP contribution in [0.15, 0.2) is 0 Å². The van der Waals surface area contributed by atoms with Crippen molar-refractivity contribution in [1.82, 2.24) is 5.06 Å². The molecule has 2 N–H and O–H groups in total.